The second-order valence-corrected chi connectivity index (χ2v) is 6.39. The summed E-state index contributed by atoms with van der Waals surface area (Å²) < 4.78 is 24.9. The molecule has 0 heterocycles. The molecule has 0 aromatic heterocycles. The molecule has 0 saturated carbocycles. The minimum atomic E-state index is -1.10. The van der Waals surface area contributed by atoms with Gasteiger partial charge >= 0.3 is 0 Å². The maximum Gasteiger partial charge on any atom is 0.125 e. The molecule has 0 saturated heterocycles. The summed E-state index contributed by atoms with van der Waals surface area (Å²) in [7, 11) is -1.10. The summed E-state index contributed by atoms with van der Waals surface area (Å²) in [5.74, 6) is 0.234. The third kappa shape index (κ3) is 6.19. The Labute approximate surface area is 118 Å². The number of hydrogen-bond acceptors (Lipinski definition) is 2. The summed E-state index contributed by atoms with van der Waals surface area (Å²) >= 11 is 0. The van der Waals surface area contributed by atoms with E-state index < -0.39 is 10.8 Å². The molecule has 0 aliphatic heterocycles. The molecular weight excluding hydrogens is 261 g/mol. The zero-order valence-corrected chi connectivity index (χ0v) is 12.5. The van der Waals surface area contributed by atoms with Gasteiger partial charge in [-0.2, -0.15) is 0 Å². The number of anilines is 1. The quantitative estimate of drug-likeness (QED) is 0.544. The summed E-state index contributed by atoms with van der Waals surface area (Å²) in [6.45, 7) is 2.20. The van der Waals surface area contributed by atoms with E-state index in [1.54, 1.807) is 0 Å². The Balaban J connectivity index is 2.24. The lowest BCUT2D eigenvalue weighted by molar-refractivity contribution is 0.601. The number of hydrogen-bond donors (Lipinski definition) is 1. The van der Waals surface area contributed by atoms with Crippen LogP contribution in [0.3, 0.4) is 0 Å². The summed E-state index contributed by atoms with van der Waals surface area (Å²) in [6, 6.07) is 4.08. The van der Waals surface area contributed by atoms with Gasteiger partial charge in [0.1, 0.15) is 5.82 Å². The van der Waals surface area contributed by atoms with Gasteiger partial charge < -0.3 is 5.73 Å². The van der Waals surface area contributed by atoms with Crippen LogP contribution in [-0.4, -0.2) is 9.96 Å². The number of rotatable bonds is 9. The first-order chi connectivity index (χ1) is 9.15. The van der Waals surface area contributed by atoms with Crippen LogP contribution in [0.15, 0.2) is 23.1 Å². The summed E-state index contributed by atoms with van der Waals surface area (Å²) in [5, 5.41) is 0. The molecule has 0 radical (unpaired) electrons. The van der Waals surface area contributed by atoms with Crippen molar-refractivity contribution in [2.45, 2.75) is 56.8 Å². The molecule has 4 heteroatoms. The largest absolute Gasteiger partial charge is 0.398 e. The number of nitrogen functional groups attached to an aromatic ring is 1. The van der Waals surface area contributed by atoms with Crippen molar-refractivity contribution >= 4 is 16.5 Å². The van der Waals surface area contributed by atoms with Crippen LogP contribution in [0.25, 0.3) is 0 Å². The van der Waals surface area contributed by atoms with Gasteiger partial charge in [0.15, 0.2) is 0 Å². The Kier molecular flexibility index (Phi) is 7.72. The van der Waals surface area contributed by atoms with E-state index in [4.69, 9.17) is 5.73 Å². The van der Waals surface area contributed by atoms with Gasteiger partial charge in [-0.25, -0.2) is 4.39 Å². The van der Waals surface area contributed by atoms with E-state index in [-0.39, 0.29) is 5.82 Å². The average Bonchev–Trinajstić information content (AvgIpc) is 2.37. The predicted molar refractivity (Wildman–Crippen MR) is 80.1 cm³/mol. The van der Waals surface area contributed by atoms with Crippen LogP contribution >= 0.6 is 0 Å². The van der Waals surface area contributed by atoms with Gasteiger partial charge in [0.2, 0.25) is 0 Å². The fraction of sp³-hybridized carbons (Fsp3) is 0.600. The van der Waals surface area contributed by atoms with E-state index in [1.807, 2.05) is 0 Å². The van der Waals surface area contributed by atoms with E-state index in [0.717, 1.165) is 12.8 Å². The van der Waals surface area contributed by atoms with Gasteiger partial charge in [0, 0.05) is 5.75 Å². The Hall–Kier alpha value is -0.900. The zero-order chi connectivity index (χ0) is 14.1. The van der Waals surface area contributed by atoms with Crippen molar-refractivity contribution in [3.63, 3.8) is 0 Å². The second-order valence-electron chi connectivity index (χ2n) is 4.85. The summed E-state index contributed by atoms with van der Waals surface area (Å²) in [6.07, 6.45) is 8.37. The molecule has 108 valence electrons. The molecule has 0 fully saturated rings. The van der Waals surface area contributed by atoms with Crippen LogP contribution in [0.4, 0.5) is 10.1 Å². The van der Waals surface area contributed by atoms with Crippen molar-refractivity contribution in [3.8, 4) is 0 Å². The molecule has 1 unspecified atom stereocenters. The topological polar surface area (TPSA) is 43.1 Å². The monoisotopic (exact) mass is 285 g/mol. The molecule has 0 aliphatic carbocycles. The normalized spacial score (nSPS) is 12.5. The summed E-state index contributed by atoms with van der Waals surface area (Å²) in [4.78, 5) is 0.562. The van der Waals surface area contributed by atoms with Gasteiger partial charge in [-0.05, 0) is 24.6 Å². The molecule has 1 aromatic rings. The molecule has 0 amide bonds. The number of benzene rings is 1. The molecule has 2 N–H and O–H groups in total. The molecule has 2 nitrogen and oxygen atoms in total. The van der Waals surface area contributed by atoms with Crippen LogP contribution in [-0.2, 0) is 10.8 Å². The standard InChI is InChI=1S/C15H24FNOS/c1-2-3-4-5-6-7-8-11-19(18)15-10-9-13(16)12-14(15)17/h9-10,12H,2-8,11,17H2,1H3. The van der Waals surface area contributed by atoms with E-state index in [1.165, 1.54) is 50.3 Å². The van der Waals surface area contributed by atoms with Gasteiger partial charge in [-0.3, -0.25) is 4.21 Å². The van der Waals surface area contributed by atoms with Crippen LogP contribution in [0, 0.1) is 5.82 Å². The number of unbranched alkanes of at least 4 members (excludes halogenated alkanes) is 6. The van der Waals surface area contributed by atoms with E-state index in [0.29, 0.717) is 16.3 Å². The van der Waals surface area contributed by atoms with Gasteiger partial charge in [0.05, 0.1) is 21.4 Å². The minimum absolute atomic E-state index is 0.293. The Morgan fingerprint density at radius 1 is 1.11 bits per heavy atom. The highest BCUT2D eigenvalue weighted by Gasteiger charge is 2.08. The van der Waals surface area contributed by atoms with Crippen molar-refractivity contribution in [3.05, 3.63) is 24.0 Å². The molecule has 0 aliphatic rings. The van der Waals surface area contributed by atoms with E-state index in [2.05, 4.69) is 6.92 Å². The highest BCUT2D eigenvalue weighted by atomic mass is 32.2. The molecule has 0 bridgehead atoms. The molecule has 0 spiro atoms. The minimum Gasteiger partial charge on any atom is -0.398 e. The Bertz CT molecular complexity index is 409. The summed E-state index contributed by atoms with van der Waals surface area (Å²) in [5.41, 5.74) is 5.97. The fourth-order valence-electron chi connectivity index (χ4n) is 2.03. The SMILES string of the molecule is CCCCCCCCCS(=O)c1ccc(F)cc1N. The Morgan fingerprint density at radius 2 is 1.74 bits per heavy atom. The average molecular weight is 285 g/mol. The van der Waals surface area contributed by atoms with Crippen molar-refractivity contribution in [2.24, 2.45) is 0 Å². The van der Waals surface area contributed by atoms with Crippen molar-refractivity contribution in [1.82, 2.24) is 0 Å². The highest BCUT2D eigenvalue weighted by Crippen LogP contribution is 2.19. The van der Waals surface area contributed by atoms with Crippen LogP contribution < -0.4 is 5.73 Å². The maximum atomic E-state index is 12.9. The lowest BCUT2D eigenvalue weighted by atomic mass is 10.1. The number of nitrogens with two attached hydrogens (primary N) is 1. The van der Waals surface area contributed by atoms with Gasteiger partial charge in [-0.1, -0.05) is 45.4 Å². The van der Waals surface area contributed by atoms with E-state index >= 15 is 0 Å². The molecule has 1 rings (SSSR count). The van der Waals surface area contributed by atoms with Crippen LogP contribution in [0.2, 0.25) is 0 Å². The van der Waals surface area contributed by atoms with Crippen LogP contribution in [0.1, 0.15) is 51.9 Å². The number of halogens is 1. The third-order valence-electron chi connectivity index (χ3n) is 3.15. The molecule has 1 aromatic carbocycles. The van der Waals surface area contributed by atoms with Gasteiger partial charge in [0.25, 0.3) is 0 Å². The van der Waals surface area contributed by atoms with Gasteiger partial charge in [-0.15, -0.1) is 0 Å². The fourth-order valence-corrected chi connectivity index (χ4v) is 3.25. The zero-order valence-electron chi connectivity index (χ0n) is 11.7. The molecule has 1 atom stereocenters. The smallest absolute Gasteiger partial charge is 0.125 e. The second kappa shape index (κ2) is 9.08. The first kappa shape index (κ1) is 16.2. The van der Waals surface area contributed by atoms with Crippen molar-refractivity contribution in [1.29, 1.82) is 0 Å². The molecular formula is C15H24FNOS. The van der Waals surface area contributed by atoms with E-state index in [9.17, 15) is 8.60 Å². The van der Waals surface area contributed by atoms with Crippen molar-refractivity contribution < 1.29 is 8.60 Å². The Morgan fingerprint density at radius 3 is 2.37 bits per heavy atom. The van der Waals surface area contributed by atoms with Crippen LogP contribution in [0.5, 0.6) is 0 Å². The van der Waals surface area contributed by atoms with Crippen molar-refractivity contribution in [2.75, 3.05) is 11.5 Å². The first-order valence-electron chi connectivity index (χ1n) is 7.08. The lowest BCUT2D eigenvalue weighted by Crippen LogP contribution is -2.02. The highest BCUT2D eigenvalue weighted by molar-refractivity contribution is 7.85. The first-order valence-corrected chi connectivity index (χ1v) is 8.40. The lowest BCUT2D eigenvalue weighted by Gasteiger charge is -2.06. The predicted octanol–water partition coefficient (Wildman–Crippen LogP) is 4.27. The maximum absolute atomic E-state index is 12.9. The molecule has 19 heavy (non-hydrogen) atoms. The third-order valence-corrected chi connectivity index (χ3v) is 4.67.